The summed E-state index contributed by atoms with van der Waals surface area (Å²) in [6.07, 6.45) is 0. The predicted molar refractivity (Wildman–Crippen MR) is 83.9 cm³/mol. The molecule has 1 atom stereocenters. The standard InChI is InChI=1S/C15H16N4O3S/c1-11(8-16)13-4-2-12(3-5-13)10-23(20,21)22-15-7-6-14(9-17)18-19-15/h2-7,11H,8,10,16H2,1H3. The molecule has 0 aliphatic rings. The zero-order valence-electron chi connectivity index (χ0n) is 12.5. The van der Waals surface area contributed by atoms with E-state index in [0.717, 1.165) is 5.56 Å². The Kier molecular flexibility index (Phi) is 5.26. The largest absolute Gasteiger partial charge is 0.360 e. The van der Waals surface area contributed by atoms with E-state index in [2.05, 4.69) is 10.2 Å². The molecule has 23 heavy (non-hydrogen) atoms. The van der Waals surface area contributed by atoms with E-state index >= 15 is 0 Å². The lowest BCUT2D eigenvalue weighted by molar-refractivity contribution is 0.470. The summed E-state index contributed by atoms with van der Waals surface area (Å²) in [7, 11) is -3.86. The average molecular weight is 332 g/mol. The van der Waals surface area contributed by atoms with Crippen LogP contribution in [0.5, 0.6) is 5.88 Å². The fraction of sp³-hybridized carbons (Fsp3) is 0.267. The van der Waals surface area contributed by atoms with Crippen molar-refractivity contribution in [3.8, 4) is 11.9 Å². The van der Waals surface area contributed by atoms with Crippen LogP contribution in [0.2, 0.25) is 0 Å². The molecule has 0 fully saturated rings. The second-order valence-electron chi connectivity index (χ2n) is 5.03. The second kappa shape index (κ2) is 7.17. The van der Waals surface area contributed by atoms with Gasteiger partial charge in [-0.3, -0.25) is 0 Å². The molecule has 120 valence electrons. The smallest absolute Gasteiger partial charge is 0.314 e. The summed E-state index contributed by atoms with van der Waals surface area (Å²) in [5.41, 5.74) is 7.33. The van der Waals surface area contributed by atoms with E-state index in [1.807, 2.05) is 19.1 Å². The summed E-state index contributed by atoms with van der Waals surface area (Å²) >= 11 is 0. The lowest BCUT2D eigenvalue weighted by Gasteiger charge is -2.10. The molecule has 1 unspecified atom stereocenters. The SMILES string of the molecule is CC(CN)c1ccc(CS(=O)(=O)Oc2ccc(C#N)nn2)cc1. The lowest BCUT2D eigenvalue weighted by atomic mass is 10.0. The number of hydrogen-bond acceptors (Lipinski definition) is 7. The van der Waals surface area contributed by atoms with Gasteiger partial charge in [0.2, 0.25) is 0 Å². The van der Waals surface area contributed by atoms with E-state index in [4.69, 9.17) is 15.2 Å². The molecular weight excluding hydrogens is 316 g/mol. The van der Waals surface area contributed by atoms with Gasteiger partial charge in [-0.1, -0.05) is 31.2 Å². The van der Waals surface area contributed by atoms with Crippen molar-refractivity contribution in [2.75, 3.05) is 6.54 Å². The van der Waals surface area contributed by atoms with E-state index in [0.29, 0.717) is 12.1 Å². The van der Waals surface area contributed by atoms with Crippen LogP contribution in [0.4, 0.5) is 0 Å². The van der Waals surface area contributed by atoms with Crippen molar-refractivity contribution >= 4 is 10.1 Å². The first-order valence-electron chi connectivity index (χ1n) is 6.88. The molecule has 1 aromatic carbocycles. The van der Waals surface area contributed by atoms with E-state index in [1.54, 1.807) is 18.2 Å². The van der Waals surface area contributed by atoms with Gasteiger partial charge < -0.3 is 9.92 Å². The molecule has 2 rings (SSSR count). The van der Waals surface area contributed by atoms with Crippen LogP contribution in [0.3, 0.4) is 0 Å². The summed E-state index contributed by atoms with van der Waals surface area (Å²) in [6, 6.07) is 11.6. The molecule has 0 aliphatic heterocycles. The molecule has 1 aromatic heterocycles. The molecule has 1 heterocycles. The molecule has 8 heteroatoms. The van der Waals surface area contributed by atoms with Gasteiger partial charge in [-0.25, -0.2) is 0 Å². The summed E-state index contributed by atoms with van der Waals surface area (Å²) in [6.45, 7) is 2.52. The Balaban J connectivity index is 2.07. The maximum Gasteiger partial charge on any atom is 0.314 e. The fourth-order valence-electron chi connectivity index (χ4n) is 1.87. The summed E-state index contributed by atoms with van der Waals surface area (Å²) in [5, 5.41) is 15.7. The minimum absolute atomic E-state index is 0.0827. The number of benzene rings is 1. The van der Waals surface area contributed by atoms with Gasteiger partial charge in [0.15, 0.2) is 5.69 Å². The van der Waals surface area contributed by atoms with Crippen LogP contribution >= 0.6 is 0 Å². The van der Waals surface area contributed by atoms with Crippen molar-refractivity contribution in [3.05, 3.63) is 53.2 Å². The first kappa shape index (κ1) is 16.9. The molecule has 0 aliphatic carbocycles. The predicted octanol–water partition coefficient (Wildman–Crippen LogP) is 1.32. The number of hydrogen-bond donors (Lipinski definition) is 1. The van der Waals surface area contributed by atoms with Gasteiger partial charge in [-0.05, 0) is 29.7 Å². The van der Waals surface area contributed by atoms with Crippen molar-refractivity contribution < 1.29 is 12.6 Å². The van der Waals surface area contributed by atoms with Crippen molar-refractivity contribution in [1.29, 1.82) is 5.26 Å². The normalized spacial score (nSPS) is 12.4. The van der Waals surface area contributed by atoms with Gasteiger partial charge in [-0.15, -0.1) is 10.2 Å². The van der Waals surface area contributed by atoms with Gasteiger partial charge in [0.1, 0.15) is 11.8 Å². The highest BCUT2D eigenvalue weighted by molar-refractivity contribution is 7.86. The third kappa shape index (κ3) is 4.74. The molecule has 0 saturated heterocycles. The van der Waals surface area contributed by atoms with Gasteiger partial charge in [0.05, 0.1) is 0 Å². The van der Waals surface area contributed by atoms with Crippen LogP contribution in [-0.4, -0.2) is 25.2 Å². The molecule has 0 spiro atoms. The Bertz CT molecular complexity index is 796. The third-order valence-corrected chi connectivity index (χ3v) is 4.32. The highest BCUT2D eigenvalue weighted by atomic mass is 32.2. The van der Waals surface area contributed by atoms with Crippen LogP contribution in [0.25, 0.3) is 0 Å². The minimum Gasteiger partial charge on any atom is -0.360 e. The van der Waals surface area contributed by atoms with E-state index in [9.17, 15) is 8.42 Å². The molecule has 2 N–H and O–H groups in total. The molecule has 7 nitrogen and oxygen atoms in total. The Hall–Kier alpha value is -2.50. The number of rotatable bonds is 6. The Morgan fingerprint density at radius 2 is 1.91 bits per heavy atom. The van der Waals surface area contributed by atoms with Crippen molar-refractivity contribution in [2.24, 2.45) is 5.73 Å². The second-order valence-corrected chi connectivity index (χ2v) is 6.60. The molecule has 2 aromatic rings. The lowest BCUT2D eigenvalue weighted by Crippen LogP contribution is -2.13. The Labute approximate surface area is 134 Å². The fourth-order valence-corrected chi connectivity index (χ4v) is 2.87. The summed E-state index contributed by atoms with van der Waals surface area (Å²) in [4.78, 5) is 0. The van der Waals surface area contributed by atoms with Crippen molar-refractivity contribution in [3.63, 3.8) is 0 Å². The average Bonchev–Trinajstić information content (AvgIpc) is 2.54. The van der Waals surface area contributed by atoms with Crippen LogP contribution < -0.4 is 9.92 Å². The zero-order chi connectivity index (χ0) is 16.9. The number of nitrogens with zero attached hydrogens (tertiary/aromatic N) is 3. The monoisotopic (exact) mass is 332 g/mol. The topological polar surface area (TPSA) is 119 Å². The molecule has 0 bridgehead atoms. The Morgan fingerprint density at radius 3 is 2.43 bits per heavy atom. The van der Waals surface area contributed by atoms with E-state index in [-0.39, 0.29) is 23.2 Å². The first-order chi connectivity index (χ1) is 10.9. The highest BCUT2D eigenvalue weighted by Crippen LogP contribution is 2.17. The maximum absolute atomic E-state index is 12.0. The number of nitrogens with two attached hydrogens (primary N) is 1. The molecular formula is C15H16N4O3S. The van der Waals surface area contributed by atoms with Gasteiger partial charge in [0.25, 0.3) is 5.88 Å². The van der Waals surface area contributed by atoms with Crippen LogP contribution in [0, 0.1) is 11.3 Å². The van der Waals surface area contributed by atoms with Gasteiger partial charge in [0, 0.05) is 6.07 Å². The molecule has 0 saturated carbocycles. The van der Waals surface area contributed by atoms with E-state index < -0.39 is 10.1 Å². The van der Waals surface area contributed by atoms with Crippen LogP contribution in [0.1, 0.15) is 29.7 Å². The van der Waals surface area contributed by atoms with Gasteiger partial charge in [-0.2, -0.15) is 13.7 Å². The first-order valence-corrected chi connectivity index (χ1v) is 8.46. The third-order valence-electron chi connectivity index (χ3n) is 3.21. The van der Waals surface area contributed by atoms with Gasteiger partial charge >= 0.3 is 10.1 Å². The number of aromatic nitrogens is 2. The van der Waals surface area contributed by atoms with Crippen molar-refractivity contribution in [1.82, 2.24) is 10.2 Å². The quantitative estimate of drug-likeness (QED) is 0.792. The van der Waals surface area contributed by atoms with Crippen molar-refractivity contribution in [2.45, 2.75) is 18.6 Å². The van der Waals surface area contributed by atoms with Crippen LogP contribution in [-0.2, 0) is 15.9 Å². The Morgan fingerprint density at radius 1 is 1.22 bits per heavy atom. The van der Waals surface area contributed by atoms with E-state index in [1.165, 1.54) is 12.1 Å². The minimum atomic E-state index is -3.86. The highest BCUT2D eigenvalue weighted by Gasteiger charge is 2.16. The molecule has 0 radical (unpaired) electrons. The van der Waals surface area contributed by atoms with Crippen LogP contribution in [0.15, 0.2) is 36.4 Å². The number of nitriles is 1. The maximum atomic E-state index is 12.0. The molecule has 0 amide bonds. The summed E-state index contributed by atoms with van der Waals surface area (Å²) < 4.78 is 28.9. The summed E-state index contributed by atoms with van der Waals surface area (Å²) in [5.74, 6) is -0.241. The zero-order valence-corrected chi connectivity index (χ0v) is 13.3.